The van der Waals surface area contributed by atoms with Gasteiger partial charge in [-0.2, -0.15) is 0 Å². The summed E-state index contributed by atoms with van der Waals surface area (Å²) in [6, 6.07) is 23.2. The largest absolute Gasteiger partial charge is 0.338 e. The molecule has 24 heavy (non-hydrogen) atoms. The summed E-state index contributed by atoms with van der Waals surface area (Å²) in [7, 11) is 1.94. The maximum Gasteiger partial charge on any atom is 0.227 e. The van der Waals surface area contributed by atoms with Crippen molar-refractivity contribution in [3.8, 4) is 0 Å². The number of rotatable bonds is 3. The lowest BCUT2D eigenvalue weighted by Crippen LogP contribution is -2.31. The number of likely N-dealkylation sites (N-methyl/N-ethyl adjacent to an activating group) is 1. The number of carbonyl (C=O) groups excluding carboxylic acids is 1. The topological polar surface area (TPSA) is 20.3 Å². The average Bonchev–Trinajstić information content (AvgIpc) is 3.05. The number of hydrogen-bond donors (Lipinski definition) is 0. The van der Waals surface area contributed by atoms with E-state index in [9.17, 15) is 4.79 Å². The minimum absolute atomic E-state index is 0.188. The molecule has 1 amide bonds. The minimum Gasteiger partial charge on any atom is -0.338 e. The zero-order valence-corrected chi connectivity index (χ0v) is 13.9. The van der Waals surface area contributed by atoms with Gasteiger partial charge in [-0.05, 0) is 40.3 Å². The van der Waals surface area contributed by atoms with Crippen LogP contribution in [0.2, 0.25) is 0 Å². The molecule has 3 aromatic carbocycles. The van der Waals surface area contributed by atoms with Crippen molar-refractivity contribution in [3.05, 3.63) is 83.4 Å². The lowest BCUT2D eigenvalue weighted by Gasteiger charge is -2.26. The van der Waals surface area contributed by atoms with Gasteiger partial charge in [-0.15, -0.1) is 0 Å². The van der Waals surface area contributed by atoms with Gasteiger partial charge in [0.15, 0.2) is 0 Å². The number of fused-ring (bicyclic) bond motifs is 2. The van der Waals surface area contributed by atoms with Gasteiger partial charge in [-0.3, -0.25) is 4.79 Å². The molecule has 0 aromatic heterocycles. The highest BCUT2D eigenvalue weighted by Gasteiger charge is 2.28. The highest BCUT2D eigenvalue weighted by molar-refractivity contribution is 5.90. The van der Waals surface area contributed by atoms with Crippen LogP contribution in [0.25, 0.3) is 10.8 Å². The number of aryl methyl sites for hydroxylation is 1. The first-order valence-electron chi connectivity index (χ1n) is 8.54. The molecule has 1 atom stereocenters. The maximum atomic E-state index is 12.9. The third-order valence-corrected chi connectivity index (χ3v) is 5.18. The van der Waals surface area contributed by atoms with Crippen LogP contribution in [0.1, 0.15) is 29.2 Å². The van der Waals surface area contributed by atoms with Crippen molar-refractivity contribution in [3.63, 3.8) is 0 Å². The summed E-state index contributed by atoms with van der Waals surface area (Å²) in [5, 5.41) is 2.37. The Hall–Kier alpha value is -2.61. The second-order valence-corrected chi connectivity index (χ2v) is 6.57. The van der Waals surface area contributed by atoms with Gasteiger partial charge in [0.1, 0.15) is 0 Å². The molecule has 0 radical (unpaired) electrons. The van der Waals surface area contributed by atoms with E-state index >= 15 is 0 Å². The summed E-state index contributed by atoms with van der Waals surface area (Å²) in [5.74, 6) is 0.188. The average molecular weight is 315 g/mol. The quantitative estimate of drug-likeness (QED) is 0.695. The Morgan fingerprint density at radius 1 is 1.00 bits per heavy atom. The Bertz CT molecular complexity index is 894. The molecule has 120 valence electrons. The fraction of sp³-hybridized carbons (Fsp3) is 0.227. The van der Waals surface area contributed by atoms with Crippen LogP contribution in [0.5, 0.6) is 0 Å². The molecule has 3 aromatic rings. The van der Waals surface area contributed by atoms with Crippen LogP contribution in [-0.4, -0.2) is 17.9 Å². The molecular formula is C22H21NO. The van der Waals surface area contributed by atoms with Gasteiger partial charge in [0, 0.05) is 7.05 Å². The van der Waals surface area contributed by atoms with Crippen LogP contribution in [0.4, 0.5) is 0 Å². The number of carbonyl (C=O) groups is 1. The summed E-state index contributed by atoms with van der Waals surface area (Å²) in [4.78, 5) is 14.8. The Morgan fingerprint density at radius 3 is 2.67 bits per heavy atom. The van der Waals surface area contributed by atoms with E-state index in [2.05, 4.69) is 48.5 Å². The molecule has 0 heterocycles. The van der Waals surface area contributed by atoms with E-state index in [0.717, 1.165) is 18.4 Å². The maximum absolute atomic E-state index is 12.9. The van der Waals surface area contributed by atoms with Gasteiger partial charge in [0.2, 0.25) is 5.91 Å². The van der Waals surface area contributed by atoms with Gasteiger partial charge < -0.3 is 4.90 Å². The number of amides is 1. The number of hydrogen-bond acceptors (Lipinski definition) is 1. The number of benzene rings is 3. The molecule has 2 nitrogen and oxygen atoms in total. The van der Waals surface area contributed by atoms with Gasteiger partial charge in [0.25, 0.3) is 0 Å². The highest BCUT2D eigenvalue weighted by Crippen LogP contribution is 2.35. The Morgan fingerprint density at radius 2 is 1.75 bits per heavy atom. The van der Waals surface area contributed by atoms with Crippen molar-refractivity contribution in [1.82, 2.24) is 4.90 Å². The van der Waals surface area contributed by atoms with Crippen LogP contribution >= 0.6 is 0 Å². The van der Waals surface area contributed by atoms with Crippen molar-refractivity contribution in [2.75, 3.05) is 7.05 Å². The van der Waals surface area contributed by atoms with Crippen molar-refractivity contribution < 1.29 is 4.79 Å². The summed E-state index contributed by atoms with van der Waals surface area (Å²) in [6.07, 6.45) is 2.54. The van der Waals surface area contributed by atoms with E-state index in [-0.39, 0.29) is 11.9 Å². The van der Waals surface area contributed by atoms with Crippen molar-refractivity contribution in [1.29, 1.82) is 0 Å². The monoisotopic (exact) mass is 315 g/mol. The minimum atomic E-state index is 0.188. The Labute approximate surface area is 142 Å². The predicted molar refractivity (Wildman–Crippen MR) is 97.9 cm³/mol. The second-order valence-electron chi connectivity index (χ2n) is 6.57. The molecule has 2 heteroatoms. The fourth-order valence-electron chi connectivity index (χ4n) is 3.85. The molecule has 1 aliphatic rings. The zero-order chi connectivity index (χ0) is 16.5. The van der Waals surface area contributed by atoms with Crippen LogP contribution < -0.4 is 0 Å². The lowest BCUT2D eigenvalue weighted by atomic mass is 10.0. The first-order valence-corrected chi connectivity index (χ1v) is 8.54. The van der Waals surface area contributed by atoms with Crippen LogP contribution in [0.3, 0.4) is 0 Å². The molecule has 0 bridgehead atoms. The summed E-state index contributed by atoms with van der Waals surface area (Å²) >= 11 is 0. The smallest absolute Gasteiger partial charge is 0.227 e. The molecular weight excluding hydrogens is 294 g/mol. The highest BCUT2D eigenvalue weighted by atomic mass is 16.2. The second kappa shape index (κ2) is 6.12. The molecule has 0 saturated heterocycles. The molecule has 0 aliphatic heterocycles. The summed E-state index contributed by atoms with van der Waals surface area (Å²) in [6.45, 7) is 0. The van der Waals surface area contributed by atoms with Crippen molar-refractivity contribution >= 4 is 16.7 Å². The standard InChI is InChI=1S/C22H21NO/c1-23(21-14-13-17-8-3-5-12-20(17)21)22(24)15-18-10-6-9-16-7-2-4-11-19(16)18/h2-12,21H,13-15H2,1H3/t21-/m0/s1. The molecule has 1 aliphatic carbocycles. The van der Waals surface area contributed by atoms with E-state index in [4.69, 9.17) is 0 Å². The predicted octanol–water partition coefficient (Wildman–Crippen LogP) is 4.53. The first kappa shape index (κ1) is 14.9. The van der Waals surface area contributed by atoms with Gasteiger partial charge in [0.05, 0.1) is 12.5 Å². The van der Waals surface area contributed by atoms with E-state index in [1.807, 2.05) is 30.1 Å². The summed E-state index contributed by atoms with van der Waals surface area (Å²) in [5.41, 5.74) is 3.80. The number of nitrogens with zero attached hydrogens (tertiary/aromatic N) is 1. The third kappa shape index (κ3) is 2.58. The van der Waals surface area contributed by atoms with Crippen molar-refractivity contribution in [2.24, 2.45) is 0 Å². The first-order chi connectivity index (χ1) is 11.7. The van der Waals surface area contributed by atoms with Crippen molar-refractivity contribution in [2.45, 2.75) is 25.3 Å². The van der Waals surface area contributed by atoms with Crippen LogP contribution in [0.15, 0.2) is 66.7 Å². The van der Waals surface area contributed by atoms with Gasteiger partial charge in [-0.1, -0.05) is 66.7 Å². The third-order valence-electron chi connectivity index (χ3n) is 5.18. The fourth-order valence-corrected chi connectivity index (χ4v) is 3.85. The van der Waals surface area contributed by atoms with Gasteiger partial charge in [-0.25, -0.2) is 0 Å². The van der Waals surface area contributed by atoms with E-state index < -0.39 is 0 Å². The summed E-state index contributed by atoms with van der Waals surface area (Å²) < 4.78 is 0. The van der Waals surface area contributed by atoms with Crippen LogP contribution in [-0.2, 0) is 17.6 Å². The molecule has 0 N–H and O–H groups in total. The molecule has 0 unspecified atom stereocenters. The molecule has 0 saturated carbocycles. The molecule has 0 fully saturated rings. The van der Waals surface area contributed by atoms with E-state index in [0.29, 0.717) is 6.42 Å². The molecule has 0 spiro atoms. The SMILES string of the molecule is CN(C(=O)Cc1cccc2ccccc12)[C@H]1CCc2ccccc21. The Kier molecular flexibility index (Phi) is 3.81. The normalized spacial score (nSPS) is 16.1. The van der Waals surface area contributed by atoms with Crippen LogP contribution in [0, 0.1) is 0 Å². The van der Waals surface area contributed by atoms with E-state index in [1.54, 1.807) is 0 Å². The lowest BCUT2D eigenvalue weighted by molar-refractivity contribution is -0.131. The zero-order valence-electron chi connectivity index (χ0n) is 13.9. The Balaban J connectivity index is 1.58. The van der Waals surface area contributed by atoms with E-state index in [1.165, 1.54) is 21.9 Å². The van der Waals surface area contributed by atoms with Gasteiger partial charge >= 0.3 is 0 Å². The molecule has 4 rings (SSSR count).